The number of halogens is 2. The second kappa shape index (κ2) is 9.63. The van der Waals surface area contributed by atoms with Crippen LogP contribution in [-0.2, 0) is 11.2 Å². The highest BCUT2D eigenvalue weighted by atomic mass is 35.5. The van der Waals surface area contributed by atoms with E-state index in [-0.39, 0.29) is 11.9 Å². The average Bonchev–Trinajstić information content (AvgIpc) is 3.14. The van der Waals surface area contributed by atoms with Crippen LogP contribution in [0, 0.1) is 0 Å². The molecule has 0 N–H and O–H groups in total. The van der Waals surface area contributed by atoms with Crippen LogP contribution in [0.1, 0.15) is 65.7 Å². The molecule has 8 heteroatoms. The summed E-state index contributed by atoms with van der Waals surface area (Å²) in [6.07, 6.45) is 3.35. The number of amides is 1. The first kappa shape index (κ1) is 21.7. The molecule has 1 saturated heterocycles. The van der Waals surface area contributed by atoms with Crippen LogP contribution in [-0.4, -0.2) is 46.3 Å². The van der Waals surface area contributed by atoms with Crippen molar-refractivity contribution in [2.45, 2.75) is 45.6 Å². The second-order valence-corrected chi connectivity index (χ2v) is 7.90. The van der Waals surface area contributed by atoms with Gasteiger partial charge in [-0.1, -0.05) is 36.5 Å². The first-order valence-electron chi connectivity index (χ1n) is 9.94. The lowest BCUT2D eigenvalue weighted by molar-refractivity contribution is 0.0517. The molecule has 29 heavy (non-hydrogen) atoms. The molecule has 0 atom stereocenters. The molecule has 1 aliphatic heterocycles. The van der Waals surface area contributed by atoms with E-state index in [0.29, 0.717) is 41.0 Å². The molecule has 0 bridgehead atoms. The van der Waals surface area contributed by atoms with E-state index >= 15 is 0 Å². The number of aryl methyl sites for hydroxylation is 1. The highest BCUT2D eigenvalue weighted by Gasteiger charge is 2.27. The van der Waals surface area contributed by atoms with Crippen molar-refractivity contribution in [1.82, 2.24) is 14.7 Å². The maximum absolute atomic E-state index is 12.8. The maximum Gasteiger partial charge on any atom is 0.358 e. The van der Waals surface area contributed by atoms with Gasteiger partial charge in [0.25, 0.3) is 5.91 Å². The highest BCUT2D eigenvalue weighted by Crippen LogP contribution is 2.28. The fourth-order valence-electron chi connectivity index (χ4n) is 3.62. The highest BCUT2D eigenvalue weighted by molar-refractivity contribution is 6.42. The van der Waals surface area contributed by atoms with Crippen molar-refractivity contribution in [3.63, 3.8) is 0 Å². The molecule has 156 valence electrons. The number of carbonyl (C=O) groups is 2. The Morgan fingerprint density at radius 3 is 2.48 bits per heavy atom. The van der Waals surface area contributed by atoms with Gasteiger partial charge in [0.15, 0.2) is 5.69 Å². The van der Waals surface area contributed by atoms with E-state index in [1.165, 1.54) is 0 Å². The van der Waals surface area contributed by atoms with Crippen molar-refractivity contribution in [3.05, 3.63) is 51.3 Å². The molecule has 0 spiro atoms. The zero-order chi connectivity index (χ0) is 21.0. The maximum atomic E-state index is 12.8. The Morgan fingerprint density at radius 2 is 1.86 bits per heavy atom. The van der Waals surface area contributed by atoms with Crippen molar-refractivity contribution in [1.29, 1.82) is 0 Å². The summed E-state index contributed by atoms with van der Waals surface area (Å²) in [5.41, 5.74) is 1.92. The van der Waals surface area contributed by atoms with E-state index in [1.54, 1.807) is 25.1 Å². The minimum Gasteiger partial charge on any atom is -0.461 e. The van der Waals surface area contributed by atoms with E-state index in [1.807, 2.05) is 15.6 Å². The SMILES string of the molecule is CCCc1cc(C(=O)OCC)nn1C1CCN(C(=O)c2ccc(Cl)c(Cl)c2)CC1. The summed E-state index contributed by atoms with van der Waals surface area (Å²) < 4.78 is 7.04. The molecule has 0 radical (unpaired) electrons. The number of rotatable bonds is 6. The topological polar surface area (TPSA) is 64.4 Å². The fraction of sp³-hybridized carbons (Fsp3) is 0.476. The predicted octanol–water partition coefficient (Wildman–Crippen LogP) is 4.80. The van der Waals surface area contributed by atoms with Gasteiger partial charge in [0.05, 0.1) is 22.7 Å². The van der Waals surface area contributed by atoms with E-state index in [9.17, 15) is 9.59 Å². The number of benzene rings is 1. The number of ether oxygens (including phenoxy) is 1. The number of nitrogens with zero attached hydrogens (tertiary/aromatic N) is 3. The molecule has 0 aliphatic carbocycles. The molecule has 0 unspecified atom stereocenters. The van der Waals surface area contributed by atoms with Crippen molar-refractivity contribution < 1.29 is 14.3 Å². The Balaban J connectivity index is 1.70. The quantitative estimate of drug-likeness (QED) is 0.608. The summed E-state index contributed by atoms with van der Waals surface area (Å²) in [6, 6.07) is 6.92. The van der Waals surface area contributed by atoms with E-state index in [2.05, 4.69) is 12.0 Å². The first-order valence-corrected chi connectivity index (χ1v) is 10.7. The minimum absolute atomic E-state index is 0.0523. The summed E-state index contributed by atoms with van der Waals surface area (Å²) in [5, 5.41) is 5.33. The van der Waals surface area contributed by atoms with Gasteiger partial charge >= 0.3 is 5.97 Å². The lowest BCUT2D eigenvalue weighted by atomic mass is 10.0. The smallest absolute Gasteiger partial charge is 0.358 e. The summed E-state index contributed by atoms with van der Waals surface area (Å²) in [5.74, 6) is -0.445. The molecule has 6 nitrogen and oxygen atoms in total. The Labute approximate surface area is 180 Å². The van der Waals surface area contributed by atoms with Crippen LogP contribution < -0.4 is 0 Å². The molecule has 1 aromatic carbocycles. The van der Waals surface area contributed by atoms with Gasteiger partial charge in [-0.05, 0) is 50.5 Å². The third kappa shape index (κ3) is 4.93. The van der Waals surface area contributed by atoms with Crippen molar-refractivity contribution in [2.24, 2.45) is 0 Å². The van der Waals surface area contributed by atoms with Crippen LogP contribution in [0.4, 0.5) is 0 Å². The summed E-state index contributed by atoms with van der Waals surface area (Å²) in [6.45, 7) is 5.43. The summed E-state index contributed by atoms with van der Waals surface area (Å²) in [4.78, 5) is 26.7. The summed E-state index contributed by atoms with van der Waals surface area (Å²) >= 11 is 12.0. The van der Waals surface area contributed by atoms with Gasteiger partial charge in [0.1, 0.15) is 0 Å². The van der Waals surface area contributed by atoms with Gasteiger partial charge in [-0.25, -0.2) is 4.79 Å². The first-order chi connectivity index (χ1) is 13.9. The molecule has 1 aromatic heterocycles. The monoisotopic (exact) mass is 437 g/mol. The van der Waals surface area contributed by atoms with E-state index < -0.39 is 5.97 Å². The van der Waals surface area contributed by atoms with Crippen LogP contribution in [0.2, 0.25) is 10.0 Å². The molecule has 1 aliphatic rings. The van der Waals surface area contributed by atoms with Crippen LogP contribution in [0.25, 0.3) is 0 Å². The third-order valence-electron chi connectivity index (χ3n) is 5.07. The Bertz CT molecular complexity index is 889. The van der Waals surface area contributed by atoms with Gasteiger partial charge in [0.2, 0.25) is 0 Å². The standard InChI is InChI=1S/C21H25Cl2N3O3/c1-3-5-16-13-19(21(28)29-4-2)24-26(16)15-8-10-25(11-9-15)20(27)14-6-7-17(22)18(23)12-14/h6-7,12-13,15H,3-5,8-11H2,1-2H3. The van der Waals surface area contributed by atoms with Crippen molar-refractivity contribution in [2.75, 3.05) is 19.7 Å². The van der Waals surface area contributed by atoms with Crippen LogP contribution in [0.15, 0.2) is 24.3 Å². The van der Waals surface area contributed by atoms with E-state index in [0.717, 1.165) is 31.4 Å². The lowest BCUT2D eigenvalue weighted by Crippen LogP contribution is -2.39. The van der Waals surface area contributed by atoms with Crippen LogP contribution in [0.3, 0.4) is 0 Å². The zero-order valence-corrected chi connectivity index (χ0v) is 18.2. The predicted molar refractivity (Wildman–Crippen MR) is 113 cm³/mol. The Kier molecular flexibility index (Phi) is 7.19. The molecule has 3 rings (SSSR count). The number of hydrogen-bond donors (Lipinski definition) is 0. The number of esters is 1. The molecular weight excluding hydrogens is 413 g/mol. The number of aromatic nitrogens is 2. The van der Waals surface area contributed by atoms with Gasteiger partial charge in [-0.3, -0.25) is 9.48 Å². The molecule has 1 amide bonds. The molecule has 1 fully saturated rings. The lowest BCUT2D eigenvalue weighted by Gasteiger charge is -2.33. The van der Waals surface area contributed by atoms with Crippen molar-refractivity contribution in [3.8, 4) is 0 Å². The second-order valence-electron chi connectivity index (χ2n) is 7.09. The molecular formula is C21H25Cl2N3O3. The number of carbonyl (C=O) groups excluding carboxylic acids is 2. The van der Waals surface area contributed by atoms with Gasteiger partial charge in [-0.15, -0.1) is 0 Å². The molecule has 2 heterocycles. The van der Waals surface area contributed by atoms with Crippen molar-refractivity contribution >= 4 is 35.1 Å². The Morgan fingerprint density at radius 1 is 1.14 bits per heavy atom. The number of hydrogen-bond acceptors (Lipinski definition) is 4. The Hall–Kier alpha value is -2.05. The van der Waals surface area contributed by atoms with E-state index in [4.69, 9.17) is 27.9 Å². The largest absolute Gasteiger partial charge is 0.461 e. The fourth-order valence-corrected chi connectivity index (χ4v) is 3.92. The average molecular weight is 438 g/mol. The zero-order valence-electron chi connectivity index (χ0n) is 16.7. The van der Waals surface area contributed by atoms with Gasteiger partial charge < -0.3 is 9.64 Å². The normalized spacial score (nSPS) is 14.8. The third-order valence-corrected chi connectivity index (χ3v) is 5.81. The van der Waals surface area contributed by atoms with Gasteiger partial charge in [-0.2, -0.15) is 5.10 Å². The van der Waals surface area contributed by atoms with Gasteiger partial charge in [0, 0.05) is 24.3 Å². The van der Waals surface area contributed by atoms with Crippen LogP contribution in [0.5, 0.6) is 0 Å². The minimum atomic E-state index is -0.393. The molecule has 2 aromatic rings. The van der Waals surface area contributed by atoms with Crippen LogP contribution >= 0.6 is 23.2 Å². The summed E-state index contributed by atoms with van der Waals surface area (Å²) in [7, 11) is 0. The number of piperidine rings is 1. The number of likely N-dealkylation sites (tertiary alicyclic amines) is 1. The molecule has 0 saturated carbocycles.